The van der Waals surface area contributed by atoms with Gasteiger partial charge < -0.3 is 10.1 Å². The van der Waals surface area contributed by atoms with Crippen LogP contribution in [-0.4, -0.2) is 12.9 Å². The lowest BCUT2D eigenvalue weighted by atomic mass is 10.1. The van der Waals surface area contributed by atoms with Gasteiger partial charge in [0.05, 0.1) is 0 Å². The molecule has 1 aromatic carbocycles. The third-order valence-corrected chi connectivity index (χ3v) is 2.64. The van der Waals surface area contributed by atoms with Crippen molar-refractivity contribution in [2.45, 2.75) is 25.2 Å². The zero-order valence-corrected chi connectivity index (χ0v) is 8.85. The highest BCUT2D eigenvalue weighted by Gasteiger charge is 2.32. The predicted molar refractivity (Wildman–Crippen MR) is 53.1 cm³/mol. The molecule has 6 heteroatoms. The number of benzene rings is 1. The fourth-order valence-electron chi connectivity index (χ4n) is 1.91. The second kappa shape index (κ2) is 4.52. The zero-order valence-electron chi connectivity index (χ0n) is 8.85. The molecule has 1 atom stereocenters. The molecule has 1 heterocycles. The molecule has 0 amide bonds. The highest BCUT2D eigenvalue weighted by Crippen LogP contribution is 2.30. The predicted octanol–water partition coefficient (Wildman–Crippen LogP) is 3.15. The van der Waals surface area contributed by atoms with E-state index in [9.17, 15) is 17.6 Å². The van der Waals surface area contributed by atoms with Crippen molar-refractivity contribution in [2.75, 3.05) is 6.54 Å². The summed E-state index contributed by atoms with van der Waals surface area (Å²) in [5.74, 6) is -1.78. The summed E-state index contributed by atoms with van der Waals surface area (Å²) in [6, 6.07) is 3.57. The first kappa shape index (κ1) is 12.2. The van der Waals surface area contributed by atoms with Crippen LogP contribution in [0.1, 0.15) is 24.4 Å². The van der Waals surface area contributed by atoms with Crippen LogP contribution in [0.15, 0.2) is 18.2 Å². The maximum absolute atomic E-state index is 13.4. The molecule has 2 rings (SSSR count). The largest absolute Gasteiger partial charge is 0.573 e. The number of alkyl halides is 3. The van der Waals surface area contributed by atoms with E-state index in [-0.39, 0.29) is 6.04 Å². The molecule has 1 aromatic rings. The Balaban J connectivity index is 2.16. The van der Waals surface area contributed by atoms with E-state index in [2.05, 4.69) is 10.1 Å². The van der Waals surface area contributed by atoms with Gasteiger partial charge in [0.1, 0.15) is 0 Å². The highest BCUT2D eigenvalue weighted by atomic mass is 19.4. The van der Waals surface area contributed by atoms with Gasteiger partial charge in [-0.2, -0.15) is 0 Å². The molecule has 1 N–H and O–H groups in total. The van der Waals surface area contributed by atoms with Crippen molar-refractivity contribution in [1.29, 1.82) is 0 Å². The average molecular weight is 249 g/mol. The van der Waals surface area contributed by atoms with Gasteiger partial charge in [-0.15, -0.1) is 13.2 Å². The third kappa shape index (κ3) is 3.09. The number of ether oxygens (including phenoxy) is 1. The molecule has 0 unspecified atom stereocenters. The van der Waals surface area contributed by atoms with E-state index in [1.807, 2.05) is 0 Å². The van der Waals surface area contributed by atoms with Crippen LogP contribution < -0.4 is 10.1 Å². The van der Waals surface area contributed by atoms with Crippen LogP contribution in [0.5, 0.6) is 5.75 Å². The van der Waals surface area contributed by atoms with Crippen LogP contribution in [0.2, 0.25) is 0 Å². The van der Waals surface area contributed by atoms with Crippen LogP contribution in [0, 0.1) is 5.82 Å². The highest BCUT2D eigenvalue weighted by molar-refractivity contribution is 5.31. The number of nitrogens with one attached hydrogen (secondary N) is 1. The second-order valence-corrected chi connectivity index (χ2v) is 3.89. The zero-order chi connectivity index (χ0) is 12.5. The Morgan fingerprint density at radius 2 is 2.06 bits per heavy atom. The molecule has 0 aliphatic carbocycles. The summed E-state index contributed by atoms with van der Waals surface area (Å²) in [5, 5.41) is 3.14. The molecule has 1 aliphatic heterocycles. The van der Waals surface area contributed by atoms with E-state index >= 15 is 0 Å². The molecule has 94 valence electrons. The Morgan fingerprint density at radius 3 is 2.59 bits per heavy atom. The summed E-state index contributed by atoms with van der Waals surface area (Å²) >= 11 is 0. The van der Waals surface area contributed by atoms with Gasteiger partial charge in [0, 0.05) is 6.04 Å². The molecule has 0 radical (unpaired) electrons. The number of halogens is 4. The SMILES string of the molecule is Fc1cc([C@H]2CCCN2)ccc1OC(F)(F)F. The Hall–Kier alpha value is -1.30. The van der Waals surface area contributed by atoms with Crippen LogP contribution in [0.25, 0.3) is 0 Å². The van der Waals surface area contributed by atoms with E-state index in [0.29, 0.717) is 5.56 Å². The topological polar surface area (TPSA) is 21.3 Å². The van der Waals surface area contributed by atoms with Crippen molar-refractivity contribution in [3.8, 4) is 5.75 Å². The van der Waals surface area contributed by atoms with Crippen molar-refractivity contribution < 1.29 is 22.3 Å². The number of hydrogen-bond donors (Lipinski definition) is 1. The Kier molecular flexibility index (Phi) is 3.24. The van der Waals surface area contributed by atoms with E-state index in [1.54, 1.807) is 0 Å². The summed E-state index contributed by atoms with van der Waals surface area (Å²) < 4.78 is 52.7. The maximum atomic E-state index is 13.4. The summed E-state index contributed by atoms with van der Waals surface area (Å²) in [4.78, 5) is 0. The molecule has 1 saturated heterocycles. The summed E-state index contributed by atoms with van der Waals surface area (Å²) in [5.41, 5.74) is 0.648. The van der Waals surface area contributed by atoms with Gasteiger partial charge >= 0.3 is 6.36 Å². The Bertz CT molecular complexity index is 399. The molecule has 2 nitrogen and oxygen atoms in total. The number of hydrogen-bond acceptors (Lipinski definition) is 2. The maximum Gasteiger partial charge on any atom is 0.573 e. The van der Waals surface area contributed by atoms with E-state index < -0.39 is 17.9 Å². The molecule has 0 spiro atoms. The molecular formula is C11H11F4NO. The van der Waals surface area contributed by atoms with Gasteiger partial charge in [-0.25, -0.2) is 4.39 Å². The first-order chi connectivity index (χ1) is 7.96. The van der Waals surface area contributed by atoms with Crippen LogP contribution in [-0.2, 0) is 0 Å². The molecule has 0 aromatic heterocycles. The smallest absolute Gasteiger partial charge is 0.403 e. The Labute approximate surface area is 95.6 Å². The summed E-state index contributed by atoms with van der Waals surface area (Å²) in [6.07, 6.45) is -3.03. The lowest BCUT2D eigenvalue weighted by molar-refractivity contribution is -0.275. The molecule has 0 bridgehead atoms. The molecule has 17 heavy (non-hydrogen) atoms. The number of rotatable bonds is 2. The second-order valence-electron chi connectivity index (χ2n) is 3.89. The minimum Gasteiger partial charge on any atom is -0.403 e. The molecule has 0 saturated carbocycles. The van der Waals surface area contributed by atoms with Crippen molar-refractivity contribution >= 4 is 0 Å². The van der Waals surface area contributed by atoms with Gasteiger partial charge in [-0.05, 0) is 37.1 Å². The van der Waals surface area contributed by atoms with Gasteiger partial charge in [-0.3, -0.25) is 0 Å². The molecule has 1 aliphatic rings. The Morgan fingerprint density at radius 1 is 1.29 bits per heavy atom. The van der Waals surface area contributed by atoms with Gasteiger partial charge in [0.2, 0.25) is 0 Å². The van der Waals surface area contributed by atoms with Crippen molar-refractivity contribution in [2.24, 2.45) is 0 Å². The van der Waals surface area contributed by atoms with Gasteiger partial charge in [-0.1, -0.05) is 6.07 Å². The average Bonchev–Trinajstić information content (AvgIpc) is 2.72. The van der Waals surface area contributed by atoms with Crippen LogP contribution >= 0.6 is 0 Å². The molecular weight excluding hydrogens is 238 g/mol. The van der Waals surface area contributed by atoms with Crippen molar-refractivity contribution in [3.05, 3.63) is 29.6 Å². The molecule has 1 fully saturated rings. The van der Waals surface area contributed by atoms with Crippen LogP contribution in [0.3, 0.4) is 0 Å². The minimum absolute atomic E-state index is 0.0180. The normalized spacial score (nSPS) is 20.6. The van der Waals surface area contributed by atoms with Crippen molar-refractivity contribution in [3.63, 3.8) is 0 Å². The summed E-state index contributed by atoms with van der Waals surface area (Å²) in [6.45, 7) is 0.840. The van der Waals surface area contributed by atoms with Crippen LogP contribution in [0.4, 0.5) is 17.6 Å². The third-order valence-electron chi connectivity index (χ3n) is 2.64. The van der Waals surface area contributed by atoms with E-state index in [4.69, 9.17) is 0 Å². The standard InChI is InChI=1S/C11H11F4NO/c12-8-6-7(9-2-1-5-16-9)3-4-10(8)17-11(13,14)15/h3-4,6,9,16H,1-2,5H2/t9-/m1/s1. The lowest BCUT2D eigenvalue weighted by Crippen LogP contribution is -2.18. The quantitative estimate of drug-likeness (QED) is 0.813. The first-order valence-corrected chi connectivity index (χ1v) is 5.24. The van der Waals surface area contributed by atoms with E-state index in [0.717, 1.165) is 31.5 Å². The summed E-state index contributed by atoms with van der Waals surface area (Å²) in [7, 11) is 0. The fourth-order valence-corrected chi connectivity index (χ4v) is 1.91. The monoisotopic (exact) mass is 249 g/mol. The minimum atomic E-state index is -4.87. The first-order valence-electron chi connectivity index (χ1n) is 5.24. The lowest BCUT2D eigenvalue weighted by Gasteiger charge is -2.13. The van der Waals surface area contributed by atoms with Gasteiger partial charge in [0.25, 0.3) is 0 Å². The van der Waals surface area contributed by atoms with E-state index in [1.165, 1.54) is 6.07 Å². The van der Waals surface area contributed by atoms with Gasteiger partial charge in [0.15, 0.2) is 11.6 Å². The fraction of sp³-hybridized carbons (Fsp3) is 0.455. The van der Waals surface area contributed by atoms with Crippen molar-refractivity contribution in [1.82, 2.24) is 5.32 Å².